The lowest BCUT2D eigenvalue weighted by Gasteiger charge is -2.20. The molecule has 0 amide bonds. The molecule has 20 nitrogen and oxygen atoms in total. The Labute approximate surface area is 680 Å². The van der Waals surface area contributed by atoms with Crippen LogP contribution < -0.4 is 23.7 Å². The molecule has 0 bridgehead atoms. The largest absolute Gasteiger partial charge is 0.496 e. The van der Waals surface area contributed by atoms with Gasteiger partial charge in [0.1, 0.15) is 28.7 Å². The van der Waals surface area contributed by atoms with E-state index in [0.717, 1.165) is 201 Å². The smallest absolute Gasteiger partial charge is 0.163 e. The number of benzene rings is 8. The van der Waals surface area contributed by atoms with E-state index in [1.165, 1.54) is 32.2 Å². The van der Waals surface area contributed by atoms with E-state index in [9.17, 15) is 33.6 Å². The molecule has 616 valence electrons. The van der Waals surface area contributed by atoms with Crippen LogP contribution in [0.4, 0.5) is 0 Å². The first-order valence-electron chi connectivity index (χ1n) is 38.6. The van der Waals surface area contributed by atoms with E-state index >= 15 is 0 Å². The quantitative estimate of drug-likeness (QED) is 0.0440. The van der Waals surface area contributed by atoms with Gasteiger partial charge in [0.25, 0.3) is 0 Å². The Kier molecular flexibility index (Phi) is 31.6. The van der Waals surface area contributed by atoms with Crippen LogP contribution in [0.3, 0.4) is 0 Å². The maximum absolute atomic E-state index is 12.3. The number of likely N-dealkylation sites (N-methyl/N-ethyl adjacent to an activating group) is 1. The van der Waals surface area contributed by atoms with E-state index in [-0.39, 0.29) is 70.2 Å². The van der Waals surface area contributed by atoms with Crippen molar-refractivity contribution in [3.63, 3.8) is 0 Å². The first kappa shape index (κ1) is 91.7. The molecule has 0 radical (unpaired) electrons. The van der Waals surface area contributed by atoms with Gasteiger partial charge in [-0.25, -0.2) is 0 Å². The molecule has 1 atom stereocenters. The minimum Gasteiger partial charge on any atom is -0.496 e. The third kappa shape index (κ3) is 18.9. The van der Waals surface area contributed by atoms with Crippen molar-refractivity contribution >= 4 is 128 Å². The number of rotatable bonds is 27. The van der Waals surface area contributed by atoms with Crippen LogP contribution >= 0.6 is 0 Å². The second-order valence-corrected chi connectivity index (χ2v) is 29.9. The average Bonchev–Trinajstić information content (AvgIpc) is 1.57. The summed E-state index contributed by atoms with van der Waals surface area (Å²) in [6, 6.07) is 38.0. The molecule has 1 fully saturated rings. The minimum absolute atomic E-state index is 0. The van der Waals surface area contributed by atoms with Crippen molar-refractivity contribution in [2.45, 2.75) is 162 Å². The lowest BCUT2D eigenvalue weighted by molar-refractivity contribution is 0.0988. The van der Waals surface area contributed by atoms with Crippen molar-refractivity contribution in [2.75, 3.05) is 110 Å². The number of methoxy groups -OCH3 is 5. The highest BCUT2D eigenvalue weighted by Gasteiger charge is 2.28. The zero-order valence-electron chi connectivity index (χ0n) is 68.0. The summed E-state index contributed by atoms with van der Waals surface area (Å²) in [5.74, 6) is 3.28. The van der Waals surface area contributed by atoms with Gasteiger partial charge >= 0.3 is 0 Å². The van der Waals surface area contributed by atoms with Gasteiger partial charge in [-0.15, -0.1) is 0 Å². The Hall–Kier alpha value is -10.5. The predicted molar refractivity (Wildman–Crippen MR) is 475 cm³/mol. The Bertz CT molecular complexity index is 5430. The first-order chi connectivity index (χ1) is 53.2. The van der Waals surface area contributed by atoms with E-state index in [1.807, 2.05) is 91.0 Å². The average molecular weight is 1570 g/mol. The second-order valence-electron chi connectivity index (χ2n) is 29.9. The molecule has 0 saturated carbocycles. The number of hydrogen-bond donors (Lipinski definition) is 0. The van der Waals surface area contributed by atoms with E-state index in [1.54, 1.807) is 63.2 Å². The van der Waals surface area contributed by atoms with E-state index < -0.39 is 0 Å². The number of carbonyl (C=O) groups excluding carboxylic acids is 7. The summed E-state index contributed by atoms with van der Waals surface area (Å²) < 4.78 is 36.9. The number of fused-ring (bicyclic) bond motifs is 14. The molecule has 1 aliphatic carbocycles. The lowest BCUT2D eigenvalue weighted by Crippen LogP contribution is -2.26. The summed E-state index contributed by atoms with van der Waals surface area (Å²) >= 11 is 0. The van der Waals surface area contributed by atoms with Crippen LogP contribution in [-0.2, 0) is 32.6 Å². The summed E-state index contributed by atoms with van der Waals surface area (Å²) in [6.07, 6.45) is 6.88. The zero-order chi connectivity index (χ0) is 80.0. The molecule has 5 heterocycles. The number of hydrogen-bond acceptors (Lipinski definition) is 16. The standard InChI is InChI=1S/C25H30N2O4.C23H28N2O4.C22H24N2O2.C21H26N2O2.4CH4/c1-15(28)18-11-20-21-12-19(16(2)29)25(31-5)14-23(21)27(22(20)13-24(18)30-4)10-8-17-7-6-9-26(17)3;1-14(26)16-10-18-19-11-17(15(2)27)23(29-6)13-21(19)25(9-7-8-24(3)4)20(18)12-22(16)28-5;1-14(25)15-5-8-19-18(13-15)22-17-7-10-21(26)16(17)6-9-20(22)24(19)12-4-11-23(2)3;1-5-22(6-2)12-13-23-18-11-10-16(15(3)24)14-17(18)21-19(23)8-7-9-20(21)25-4;;;;/h11-14,17H,6-10H2,1-5H3;10-13H,7-9H2,1-6H3;5-6,8-9,13H,4,7,10-12H2,1-3H3;7-11,14H,5-6,12-13H2,1-4H3;4*1H4. The fourth-order valence-corrected chi connectivity index (χ4v) is 16.4. The number of carbonyl (C=O) groups is 7. The molecular weight excluding hydrogens is 1450 g/mol. The van der Waals surface area contributed by atoms with Crippen LogP contribution in [0.2, 0.25) is 0 Å². The maximum Gasteiger partial charge on any atom is 0.163 e. The van der Waals surface area contributed by atoms with Crippen LogP contribution in [0.5, 0.6) is 28.7 Å². The molecule has 0 spiro atoms. The number of Topliss-reactive ketones (excluding diaryl/α,β-unsaturated/α-hetero) is 7. The van der Waals surface area contributed by atoms with Gasteiger partial charge in [-0.05, 0) is 239 Å². The molecule has 12 aromatic rings. The summed E-state index contributed by atoms with van der Waals surface area (Å²) in [7, 11) is 18.5. The van der Waals surface area contributed by atoms with Crippen molar-refractivity contribution in [1.82, 2.24) is 37.9 Å². The topological polar surface area (TPSA) is 198 Å². The number of ketones is 7. The molecule has 1 aliphatic heterocycles. The third-order valence-electron chi connectivity index (χ3n) is 22.3. The summed E-state index contributed by atoms with van der Waals surface area (Å²) in [5.41, 5.74) is 14.2. The molecule has 2 aliphatic rings. The van der Waals surface area contributed by atoms with Crippen LogP contribution in [-0.4, -0.2) is 194 Å². The number of nitrogens with zero attached hydrogens (tertiary/aromatic N) is 8. The Morgan fingerprint density at radius 2 is 0.791 bits per heavy atom. The molecule has 115 heavy (non-hydrogen) atoms. The third-order valence-corrected chi connectivity index (χ3v) is 22.3. The van der Waals surface area contributed by atoms with E-state index in [2.05, 4.69) is 111 Å². The van der Waals surface area contributed by atoms with Gasteiger partial charge in [0, 0.05) is 146 Å². The van der Waals surface area contributed by atoms with E-state index in [4.69, 9.17) is 23.7 Å². The predicted octanol–water partition coefficient (Wildman–Crippen LogP) is 19.8. The minimum atomic E-state index is -0.0578. The normalized spacial score (nSPS) is 13.1. The van der Waals surface area contributed by atoms with Gasteiger partial charge < -0.3 is 61.6 Å². The van der Waals surface area contributed by atoms with Crippen LogP contribution in [0.1, 0.15) is 202 Å². The Morgan fingerprint density at radius 3 is 1.17 bits per heavy atom. The highest BCUT2D eigenvalue weighted by Crippen LogP contribution is 2.43. The molecular formula is C95H124N8O12. The van der Waals surface area contributed by atoms with Gasteiger partial charge in [0.05, 0.1) is 85.4 Å². The first-order valence-corrected chi connectivity index (χ1v) is 38.6. The summed E-state index contributed by atoms with van der Waals surface area (Å²) in [5, 5.41) is 8.20. The monoisotopic (exact) mass is 1570 g/mol. The second kappa shape index (κ2) is 39.7. The van der Waals surface area contributed by atoms with Gasteiger partial charge in [0.2, 0.25) is 0 Å². The van der Waals surface area contributed by atoms with Gasteiger partial charge in [-0.3, -0.25) is 33.6 Å². The molecule has 0 N–H and O–H groups in total. The molecule has 1 unspecified atom stereocenters. The maximum atomic E-state index is 12.3. The number of aryl methyl sites for hydroxylation is 4. The summed E-state index contributed by atoms with van der Waals surface area (Å²) in [4.78, 5) is 94.0. The molecule has 4 aromatic heterocycles. The van der Waals surface area contributed by atoms with Gasteiger partial charge in [-0.1, -0.05) is 49.6 Å². The number of aromatic nitrogens is 4. The highest BCUT2D eigenvalue weighted by molar-refractivity contribution is 6.19. The fourth-order valence-electron chi connectivity index (χ4n) is 16.4. The molecule has 20 heteroatoms. The molecule has 14 rings (SSSR count). The fraction of sp³-hybridized carbons (Fsp3) is 0.421. The lowest BCUT2D eigenvalue weighted by atomic mass is 10.0. The van der Waals surface area contributed by atoms with Crippen molar-refractivity contribution in [2.24, 2.45) is 0 Å². The van der Waals surface area contributed by atoms with Crippen LogP contribution in [0.15, 0.2) is 115 Å². The van der Waals surface area contributed by atoms with Gasteiger partial charge in [-0.2, -0.15) is 0 Å². The zero-order valence-corrected chi connectivity index (χ0v) is 68.0. The summed E-state index contributed by atoms with van der Waals surface area (Å²) in [6.45, 7) is 23.4. The van der Waals surface area contributed by atoms with Crippen molar-refractivity contribution < 1.29 is 57.2 Å². The Morgan fingerprint density at radius 1 is 0.409 bits per heavy atom. The van der Waals surface area contributed by atoms with Crippen LogP contribution in [0, 0.1) is 0 Å². The molecule has 1 saturated heterocycles. The van der Waals surface area contributed by atoms with Crippen LogP contribution in [0.25, 0.3) is 87.2 Å². The number of likely N-dealkylation sites (tertiary alicyclic amines) is 1. The van der Waals surface area contributed by atoms with Crippen molar-refractivity contribution in [3.8, 4) is 28.7 Å². The highest BCUT2D eigenvalue weighted by atomic mass is 16.5. The Balaban J connectivity index is 0.000000210. The van der Waals surface area contributed by atoms with Gasteiger partial charge in [0.15, 0.2) is 40.5 Å². The number of ether oxygens (including phenoxy) is 5. The van der Waals surface area contributed by atoms with E-state index in [0.29, 0.717) is 57.7 Å². The van der Waals surface area contributed by atoms with Crippen molar-refractivity contribution in [1.29, 1.82) is 0 Å². The molecule has 8 aromatic carbocycles. The SMILES string of the molecule is C.C.C.C.CC(=O)c1ccc2c(c1)c1c3c(ccc1n2CCCN(C)C)C(=O)CC3.CCN(CC)CCn1c2ccc(C(C)=O)cc2c2c(OC)cccc21.COc1cc2c(cc1C(C)=O)c1cc(C(C)=O)c(OC)cc1n2CCC1CCCN1C.COc1cc2c(cc1C(C)=O)c1cc(C(C)=O)c(OC)cc1n2CCCN(C)C. The van der Waals surface area contributed by atoms with Crippen molar-refractivity contribution in [3.05, 3.63) is 160 Å².